The van der Waals surface area contributed by atoms with E-state index in [-0.39, 0.29) is 31.7 Å². The number of halogens is 2. The van der Waals surface area contributed by atoms with E-state index in [1.165, 1.54) is 25.0 Å². The van der Waals surface area contributed by atoms with Crippen molar-refractivity contribution in [3.05, 3.63) is 34.6 Å². The first-order valence-electron chi connectivity index (χ1n) is 4.28. The SMILES string of the molecule is C1CCOC1.Fc1cccc(Br)c1.[H-].[H-].[Mg+2]. The maximum atomic E-state index is 12.1. The molecule has 1 saturated heterocycles. The summed E-state index contributed by atoms with van der Waals surface area (Å²) in [5.41, 5.74) is 0. The van der Waals surface area contributed by atoms with Gasteiger partial charge in [-0.15, -0.1) is 0 Å². The molecule has 0 amide bonds. The van der Waals surface area contributed by atoms with Gasteiger partial charge in [0.1, 0.15) is 5.82 Å². The molecule has 1 aromatic carbocycles. The van der Waals surface area contributed by atoms with Crippen molar-refractivity contribution in [1.82, 2.24) is 0 Å². The van der Waals surface area contributed by atoms with E-state index in [0.717, 1.165) is 17.7 Å². The molecule has 14 heavy (non-hydrogen) atoms. The largest absolute Gasteiger partial charge is 2.00 e. The molecule has 1 heterocycles. The molecule has 0 aliphatic carbocycles. The van der Waals surface area contributed by atoms with Crippen molar-refractivity contribution >= 4 is 39.0 Å². The van der Waals surface area contributed by atoms with Gasteiger partial charge in [-0.05, 0) is 31.0 Å². The van der Waals surface area contributed by atoms with Crippen LogP contribution in [0.1, 0.15) is 15.7 Å². The van der Waals surface area contributed by atoms with Crippen molar-refractivity contribution in [2.24, 2.45) is 0 Å². The molecule has 1 aliphatic rings. The van der Waals surface area contributed by atoms with Gasteiger partial charge in [-0.25, -0.2) is 4.39 Å². The Morgan fingerprint density at radius 1 is 1.29 bits per heavy atom. The molecule has 0 saturated carbocycles. The van der Waals surface area contributed by atoms with E-state index in [0.29, 0.717) is 0 Å². The van der Waals surface area contributed by atoms with Crippen LogP contribution in [0.25, 0.3) is 0 Å². The van der Waals surface area contributed by atoms with E-state index >= 15 is 0 Å². The van der Waals surface area contributed by atoms with Crippen LogP contribution in [0, 0.1) is 5.82 Å². The van der Waals surface area contributed by atoms with Gasteiger partial charge < -0.3 is 7.59 Å². The summed E-state index contributed by atoms with van der Waals surface area (Å²) in [6.07, 6.45) is 2.56. The summed E-state index contributed by atoms with van der Waals surface area (Å²) in [5, 5.41) is 0. The van der Waals surface area contributed by atoms with Gasteiger partial charge in [-0.1, -0.05) is 22.0 Å². The van der Waals surface area contributed by atoms with Crippen LogP contribution in [0.3, 0.4) is 0 Å². The molecule has 76 valence electrons. The van der Waals surface area contributed by atoms with Crippen LogP contribution in [-0.4, -0.2) is 36.3 Å². The number of benzene rings is 1. The zero-order valence-electron chi connectivity index (χ0n) is 10.0. The predicted octanol–water partition coefficient (Wildman–Crippen LogP) is 3.23. The molecule has 0 N–H and O–H groups in total. The molecule has 1 fully saturated rings. The van der Waals surface area contributed by atoms with Crippen LogP contribution in [-0.2, 0) is 4.74 Å². The van der Waals surface area contributed by atoms with Crippen LogP contribution in [0.4, 0.5) is 4.39 Å². The molecule has 1 aliphatic heterocycles. The van der Waals surface area contributed by atoms with E-state index in [2.05, 4.69) is 15.9 Å². The minimum atomic E-state index is -0.209. The fourth-order valence-electron chi connectivity index (χ4n) is 0.970. The average molecular weight is 273 g/mol. The summed E-state index contributed by atoms with van der Waals surface area (Å²) in [5.74, 6) is -0.209. The Balaban J connectivity index is -0.000000189. The normalized spacial score (nSPS) is 13.9. The van der Waals surface area contributed by atoms with Gasteiger partial charge in [0.2, 0.25) is 0 Å². The second-order valence-corrected chi connectivity index (χ2v) is 3.68. The Morgan fingerprint density at radius 2 is 1.93 bits per heavy atom. The maximum Gasteiger partial charge on any atom is 2.00 e. The molecule has 1 nitrogen and oxygen atoms in total. The third-order valence-electron chi connectivity index (χ3n) is 1.61. The Labute approximate surface area is 111 Å². The van der Waals surface area contributed by atoms with E-state index < -0.39 is 0 Å². The molecule has 0 aromatic heterocycles. The molecule has 0 unspecified atom stereocenters. The van der Waals surface area contributed by atoms with E-state index in [1.54, 1.807) is 12.1 Å². The summed E-state index contributed by atoms with van der Waals surface area (Å²) in [7, 11) is 0. The molecule has 4 heteroatoms. The third-order valence-corrected chi connectivity index (χ3v) is 2.11. The van der Waals surface area contributed by atoms with Crippen molar-refractivity contribution < 1.29 is 12.0 Å². The fourth-order valence-corrected chi connectivity index (χ4v) is 1.34. The van der Waals surface area contributed by atoms with Crippen molar-refractivity contribution in [1.29, 1.82) is 0 Å². The van der Waals surface area contributed by atoms with Crippen LogP contribution in [0.5, 0.6) is 0 Å². The second kappa shape index (κ2) is 8.65. The van der Waals surface area contributed by atoms with Crippen LogP contribution < -0.4 is 0 Å². The van der Waals surface area contributed by atoms with Crippen molar-refractivity contribution in [2.75, 3.05) is 13.2 Å². The molecule has 0 spiro atoms. The predicted molar refractivity (Wildman–Crippen MR) is 62.1 cm³/mol. The Kier molecular flexibility index (Phi) is 8.87. The molecule has 2 rings (SSSR count). The summed E-state index contributed by atoms with van der Waals surface area (Å²) in [6.45, 7) is 2.00. The quantitative estimate of drug-likeness (QED) is 0.659. The first kappa shape index (κ1) is 14.4. The van der Waals surface area contributed by atoms with Gasteiger partial charge in [0, 0.05) is 17.7 Å². The van der Waals surface area contributed by atoms with Gasteiger partial charge in [0.15, 0.2) is 0 Å². The Morgan fingerprint density at radius 3 is 2.21 bits per heavy atom. The standard InChI is InChI=1S/C6H4BrF.C4H8O.Mg.2H/c7-5-2-1-3-6(8)4-5;1-2-4-5-3-1;;;/h1-4H;1-4H2;;;/q;;+2;2*-1. The van der Waals surface area contributed by atoms with E-state index in [4.69, 9.17) is 4.74 Å². The Hall–Kier alpha value is 0.356. The molecule has 0 bridgehead atoms. The van der Waals surface area contributed by atoms with Crippen molar-refractivity contribution in [2.45, 2.75) is 12.8 Å². The zero-order valence-corrected chi connectivity index (χ0v) is 11.0. The first-order valence-corrected chi connectivity index (χ1v) is 5.07. The van der Waals surface area contributed by atoms with E-state index in [1.807, 2.05) is 0 Å². The molecule has 1 aromatic rings. The molecular formula is C10H14BrFMgO. The minimum absolute atomic E-state index is 0. The summed E-state index contributed by atoms with van der Waals surface area (Å²) in [6, 6.07) is 6.26. The topological polar surface area (TPSA) is 9.23 Å². The van der Waals surface area contributed by atoms with Gasteiger partial charge in [0.25, 0.3) is 0 Å². The summed E-state index contributed by atoms with van der Waals surface area (Å²) in [4.78, 5) is 0. The zero-order chi connectivity index (χ0) is 9.52. The third kappa shape index (κ3) is 6.76. The van der Waals surface area contributed by atoms with Gasteiger partial charge in [-0.2, -0.15) is 0 Å². The average Bonchev–Trinajstić information content (AvgIpc) is 2.59. The molecular weight excluding hydrogens is 259 g/mol. The van der Waals surface area contributed by atoms with Crippen LogP contribution in [0.15, 0.2) is 28.7 Å². The summed E-state index contributed by atoms with van der Waals surface area (Å²) >= 11 is 3.12. The minimum Gasteiger partial charge on any atom is -1.00 e. The van der Waals surface area contributed by atoms with Crippen LogP contribution >= 0.6 is 15.9 Å². The number of hydrogen-bond acceptors (Lipinski definition) is 1. The number of ether oxygens (including phenoxy) is 1. The number of rotatable bonds is 0. The smallest absolute Gasteiger partial charge is 1.00 e. The van der Waals surface area contributed by atoms with Crippen LogP contribution in [0.2, 0.25) is 0 Å². The number of hydrogen-bond donors (Lipinski definition) is 0. The Bertz CT molecular complexity index is 237. The molecule has 0 atom stereocenters. The van der Waals surface area contributed by atoms with E-state index in [9.17, 15) is 4.39 Å². The maximum absolute atomic E-state index is 12.1. The second-order valence-electron chi connectivity index (χ2n) is 2.76. The fraction of sp³-hybridized carbons (Fsp3) is 0.400. The summed E-state index contributed by atoms with van der Waals surface area (Å²) < 4.78 is 17.9. The van der Waals surface area contributed by atoms with Gasteiger partial charge in [-0.3, -0.25) is 0 Å². The van der Waals surface area contributed by atoms with Gasteiger partial charge in [0.05, 0.1) is 0 Å². The monoisotopic (exact) mass is 272 g/mol. The first-order chi connectivity index (χ1) is 6.29. The van der Waals surface area contributed by atoms with Gasteiger partial charge >= 0.3 is 23.1 Å². The molecule has 0 radical (unpaired) electrons. The van der Waals surface area contributed by atoms with Crippen molar-refractivity contribution in [3.8, 4) is 0 Å². The van der Waals surface area contributed by atoms with Crippen molar-refractivity contribution in [3.63, 3.8) is 0 Å².